The fourth-order valence-electron chi connectivity index (χ4n) is 5.39. The number of allylic oxidation sites excluding steroid dienone is 1. The van der Waals surface area contributed by atoms with Crippen LogP contribution in [0.4, 0.5) is 20.2 Å². The number of fused-ring (bicyclic) bond motifs is 1. The van der Waals surface area contributed by atoms with Gasteiger partial charge in [-0.2, -0.15) is 0 Å². The number of hydrogen-bond acceptors (Lipinski definition) is 5. The molecule has 214 valence electrons. The number of phenolic OH excluding ortho intramolecular Hbond substituents is 1. The molecule has 0 aromatic heterocycles. The van der Waals surface area contributed by atoms with Crippen molar-refractivity contribution < 1.29 is 28.2 Å². The summed E-state index contributed by atoms with van der Waals surface area (Å²) in [5.41, 5.74) is 2.32. The van der Waals surface area contributed by atoms with E-state index in [1.165, 1.54) is 41.3 Å². The van der Waals surface area contributed by atoms with Crippen molar-refractivity contribution in [3.8, 4) is 11.5 Å². The first-order valence-electron chi connectivity index (χ1n) is 13.7. The van der Waals surface area contributed by atoms with E-state index in [4.69, 9.17) is 9.47 Å². The fourth-order valence-corrected chi connectivity index (χ4v) is 5.39. The van der Waals surface area contributed by atoms with Gasteiger partial charge in [-0.1, -0.05) is 50.2 Å². The van der Waals surface area contributed by atoms with Gasteiger partial charge in [0.25, 0.3) is 5.91 Å². The van der Waals surface area contributed by atoms with E-state index in [0.717, 1.165) is 5.56 Å². The Hall–Kier alpha value is -4.85. The van der Waals surface area contributed by atoms with Gasteiger partial charge in [0, 0.05) is 22.6 Å². The minimum absolute atomic E-state index is 0.0783. The van der Waals surface area contributed by atoms with Gasteiger partial charge in [0.15, 0.2) is 0 Å². The van der Waals surface area contributed by atoms with Gasteiger partial charge >= 0.3 is 0 Å². The van der Waals surface area contributed by atoms with Crippen molar-refractivity contribution in [1.29, 1.82) is 0 Å². The fraction of sp³-hybridized carbons (Fsp3) is 0.206. The number of para-hydroxylation sites is 1. The number of phenols is 1. The number of hydrogen-bond donors (Lipinski definition) is 2. The number of nitrogens with one attached hydrogen (secondary N) is 1. The van der Waals surface area contributed by atoms with Gasteiger partial charge in [-0.25, -0.2) is 8.78 Å². The molecule has 2 heterocycles. The second-order valence-corrected chi connectivity index (χ2v) is 11.3. The lowest BCUT2D eigenvalue weighted by atomic mass is 9.85. The molecule has 0 saturated heterocycles. The van der Waals surface area contributed by atoms with Crippen molar-refractivity contribution in [3.05, 3.63) is 131 Å². The monoisotopic (exact) mass is 568 g/mol. The summed E-state index contributed by atoms with van der Waals surface area (Å²) in [6, 6.07) is 23.0. The Morgan fingerprint density at radius 1 is 1.02 bits per heavy atom. The van der Waals surface area contributed by atoms with E-state index in [1.807, 2.05) is 44.2 Å². The van der Waals surface area contributed by atoms with E-state index in [0.29, 0.717) is 41.6 Å². The zero-order valence-corrected chi connectivity index (χ0v) is 23.2. The molecule has 4 aromatic rings. The molecule has 0 spiro atoms. The zero-order chi connectivity index (χ0) is 29.4. The third-order valence-corrected chi connectivity index (χ3v) is 7.46. The molecule has 0 radical (unpaired) electrons. The van der Waals surface area contributed by atoms with Crippen molar-refractivity contribution in [1.82, 2.24) is 0 Å². The van der Waals surface area contributed by atoms with Crippen LogP contribution in [0, 0.1) is 17.0 Å². The van der Waals surface area contributed by atoms with Crippen LogP contribution in [0.5, 0.6) is 11.5 Å². The van der Waals surface area contributed by atoms with Crippen molar-refractivity contribution in [2.24, 2.45) is 5.41 Å². The van der Waals surface area contributed by atoms with Crippen LogP contribution in [0.15, 0.2) is 102 Å². The number of rotatable bonds is 5. The number of carbonyl (C=O) groups is 1. The number of halogens is 2. The Morgan fingerprint density at radius 3 is 2.52 bits per heavy atom. The molecular formula is C34H30F2N2O4. The lowest BCUT2D eigenvalue weighted by Gasteiger charge is -2.38. The minimum Gasteiger partial charge on any atom is -0.506 e. The Balaban J connectivity index is 1.49. The molecule has 0 bridgehead atoms. The first kappa shape index (κ1) is 27.3. The Labute approximate surface area is 242 Å². The number of aromatic hydroxyl groups is 1. The van der Waals surface area contributed by atoms with E-state index in [9.17, 15) is 14.3 Å². The number of carbonyl (C=O) groups excluding carboxylic acids is 1. The van der Waals surface area contributed by atoms with E-state index in [2.05, 4.69) is 5.32 Å². The molecule has 0 saturated carbocycles. The molecule has 1 amide bonds. The van der Waals surface area contributed by atoms with Gasteiger partial charge in [-0.15, -0.1) is 0 Å². The SMILES string of the molecule is CC1(C)COC2=C(C1)Nc1c(O)cccc1N(C(=O)c1ccc(F)cc1)C2c1ccc(OCc2ccccc2)cc1F. The molecule has 6 nitrogen and oxygen atoms in total. The smallest absolute Gasteiger partial charge is 0.259 e. The third-order valence-electron chi connectivity index (χ3n) is 7.46. The standard InChI is InChI=1S/C34H30F2N2O4/c1-34(2)18-27-32(42-20-34)31(25-16-15-24(17-26(25)36)41-19-21-7-4-3-5-8-21)38(28-9-6-10-29(39)30(28)37-27)33(40)22-11-13-23(35)14-12-22/h3-17,31,37,39H,18-20H2,1-2H3. The minimum atomic E-state index is -1.03. The summed E-state index contributed by atoms with van der Waals surface area (Å²) < 4.78 is 42.1. The quantitative estimate of drug-likeness (QED) is 0.241. The second kappa shape index (κ2) is 10.9. The molecule has 6 rings (SSSR count). The van der Waals surface area contributed by atoms with Crippen LogP contribution in [0.1, 0.15) is 47.8 Å². The predicted octanol–water partition coefficient (Wildman–Crippen LogP) is 7.72. The molecule has 0 aliphatic carbocycles. The van der Waals surface area contributed by atoms with Crippen molar-refractivity contribution in [3.63, 3.8) is 0 Å². The predicted molar refractivity (Wildman–Crippen MR) is 156 cm³/mol. The lowest BCUT2D eigenvalue weighted by molar-refractivity contribution is 0.0757. The van der Waals surface area contributed by atoms with Crippen molar-refractivity contribution in [2.45, 2.75) is 32.9 Å². The highest BCUT2D eigenvalue weighted by molar-refractivity contribution is 6.09. The largest absolute Gasteiger partial charge is 0.506 e. The molecule has 1 atom stereocenters. The van der Waals surface area contributed by atoms with Crippen LogP contribution in [0.3, 0.4) is 0 Å². The molecule has 8 heteroatoms. The van der Waals surface area contributed by atoms with Gasteiger partial charge < -0.3 is 19.9 Å². The Bertz CT molecular complexity index is 1670. The first-order chi connectivity index (χ1) is 20.2. The topological polar surface area (TPSA) is 71.0 Å². The zero-order valence-electron chi connectivity index (χ0n) is 23.2. The molecular weight excluding hydrogens is 538 g/mol. The Morgan fingerprint density at radius 2 is 1.79 bits per heavy atom. The molecule has 2 N–H and O–H groups in total. The molecule has 2 aliphatic rings. The van der Waals surface area contributed by atoms with Crippen LogP contribution >= 0.6 is 0 Å². The summed E-state index contributed by atoms with van der Waals surface area (Å²) in [5.74, 6) is -0.964. The summed E-state index contributed by atoms with van der Waals surface area (Å²) >= 11 is 0. The lowest BCUT2D eigenvalue weighted by Crippen LogP contribution is -2.39. The van der Waals surface area contributed by atoms with Crippen LogP contribution in [0.25, 0.3) is 0 Å². The maximum Gasteiger partial charge on any atom is 0.259 e. The van der Waals surface area contributed by atoms with E-state index >= 15 is 4.39 Å². The molecule has 0 fully saturated rings. The first-order valence-corrected chi connectivity index (χ1v) is 13.7. The summed E-state index contributed by atoms with van der Waals surface area (Å²) in [7, 11) is 0. The van der Waals surface area contributed by atoms with Gasteiger partial charge in [0.2, 0.25) is 0 Å². The molecule has 2 aliphatic heterocycles. The van der Waals surface area contributed by atoms with E-state index in [1.54, 1.807) is 24.3 Å². The Kier molecular flexibility index (Phi) is 7.06. The number of anilines is 2. The van der Waals surface area contributed by atoms with Gasteiger partial charge in [-0.05, 0) is 60.5 Å². The van der Waals surface area contributed by atoms with Gasteiger partial charge in [-0.3, -0.25) is 9.69 Å². The van der Waals surface area contributed by atoms with E-state index in [-0.39, 0.29) is 28.9 Å². The van der Waals surface area contributed by atoms with Crippen molar-refractivity contribution >= 4 is 17.3 Å². The van der Waals surface area contributed by atoms with Crippen LogP contribution in [-0.2, 0) is 11.3 Å². The second-order valence-electron chi connectivity index (χ2n) is 11.3. The summed E-state index contributed by atoms with van der Waals surface area (Å²) in [4.78, 5) is 15.6. The number of nitrogens with zero attached hydrogens (tertiary/aromatic N) is 1. The molecule has 4 aromatic carbocycles. The van der Waals surface area contributed by atoms with Crippen LogP contribution in [-0.4, -0.2) is 17.6 Å². The third kappa shape index (κ3) is 5.28. The summed E-state index contributed by atoms with van der Waals surface area (Å²) in [6.45, 7) is 4.70. The van der Waals surface area contributed by atoms with Gasteiger partial charge in [0.1, 0.15) is 47.2 Å². The highest BCUT2D eigenvalue weighted by Crippen LogP contribution is 2.50. The van der Waals surface area contributed by atoms with Crippen molar-refractivity contribution in [2.75, 3.05) is 16.8 Å². The van der Waals surface area contributed by atoms with Gasteiger partial charge in [0.05, 0.1) is 18.0 Å². The average Bonchev–Trinajstić information content (AvgIpc) is 3.11. The normalized spacial score (nSPS) is 17.3. The molecule has 1 unspecified atom stereocenters. The number of ether oxygens (including phenoxy) is 2. The van der Waals surface area contributed by atoms with E-state index < -0.39 is 23.6 Å². The maximum atomic E-state index is 16.1. The maximum absolute atomic E-state index is 16.1. The summed E-state index contributed by atoms with van der Waals surface area (Å²) in [5, 5.41) is 14.2. The van der Waals surface area contributed by atoms with Crippen LogP contribution < -0.4 is 15.0 Å². The molecule has 42 heavy (non-hydrogen) atoms. The van der Waals surface area contributed by atoms with Crippen LogP contribution in [0.2, 0.25) is 0 Å². The number of benzene rings is 4. The average molecular weight is 569 g/mol. The highest BCUT2D eigenvalue weighted by Gasteiger charge is 2.43. The highest BCUT2D eigenvalue weighted by atomic mass is 19.1. The summed E-state index contributed by atoms with van der Waals surface area (Å²) in [6.07, 6.45) is 0.533. The number of amides is 1.